The highest BCUT2D eigenvalue weighted by atomic mass is 16.5. The van der Waals surface area contributed by atoms with Gasteiger partial charge in [-0.2, -0.15) is 0 Å². The minimum absolute atomic E-state index is 0.0890. The van der Waals surface area contributed by atoms with Crippen molar-refractivity contribution in [1.29, 1.82) is 0 Å². The molecule has 0 aliphatic carbocycles. The summed E-state index contributed by atoms with van der Waals surface area (Å²) >= 11 is 0. The zero-order chi connectivity index (χ0) is 25.3. The number of imidazole rings is 1. The number of amides is 2. The van der Waals surface area contributed by atoms with Crippen molar-refractivity contribution < 1.29 is 19.1 Å². The normalized spacial score (nSPS) is 11.7. The Morgan fingerprint density at radius 1 is 1.11 bits per heavy atom. The molecule has 0 radical (unpaired) electrons. The Hall–Kier alpha value is -4.24. The van der Waals surface area contributed by atoms with E-state index in [1.165, 1.54) is 12.7 Å². The summed E-state index contributed by atoms with van der Waals surface area (Å²) < 4.78 is 12.7. The number of nitrogens with one attached hydrogen (secondary N) is 2. The predicted octanol–water partition coefficient (Wildman–Crippen LogP) is 3.46. The van der Waals surface area contributed by atoms with Crippen LogP contribution in [0.25, 0.3) is 11.0 Å². The van der Waals surface area contributed by atoms with Crippen molar-refractivity contribution in [2.24, 2.45) is 0 Å². The van der Waals surface area contributed by atoms with E-state index in [-0.39, 0.29) is 31.1 Å². The number of hydrogen-bond acceptors (Lipinski definition) is 6. The Balaban J connectivity index is 1.56. The first kappa shape index (κ1) is 24.9. The molecule has 0 aliphatic rings. The molecule has 4 aromatic rings. The van der Waals surface area contributed by atoms with Gasteiger partial charge < -0.3 is 24.7 Å². The number of benzene rings is 2. The highest BCUT2D eigenvalue weighted by Crippen LogP contribution is 2.24. The van der Waals surface area contributed by atoms with Gasteiger partial charge in [0.05, 0.1) is 35.7 Å². The average Bonchev–Trinajstić information content (AvgIpc) is 3.29. The van der Waals surface area contributed by atoms with Gasteiger partial charge in [0.1, 0.15) is 18.5 Å². The molecular weight excluding hydrogens is 458 g/mol. The largest absolute Gasteiger partial charge is 0.487 e. The number of pyridine rings is 1. The van der Waals surface area contributed by atoms with E-state index in [1.807, 2.05) is 35.8 Å². The number of carbonyl (C=O) groups is 2. The van der Waals surface area contributed by atoms with E-state index in [9.17, 15) is 9.59 Å². The highest BCUT2D eigenvalue weighted by Gasteiger charge is 2.18. The third kappa shape index (κ3) is 6.45. The van der Waals surface area contributed by atoms with Crippen LogP contribution >= 0.6 is 0 Å². The van der Waals surface area contributed by atoms with Crippen LogP contribution in [0.15, 0.2) is 73.3 Å². The lowest BCUT2D eigenvalue weighted by Gasteiger charge is -2.16. The first-order valence-corrected chi connectivity index (χ1v) is 11.7. The van der Waals surface area contributed by atoms with Crippen LogP contribution in [-0.4, -0.2) is 52.7 Å². The van der Waals surface area contributed by atoms with Crippen molar-refractivity contribution >= 4 is 28.5 Å². The van der Waals surface area contributed by atoms with Crippen LogP contribution in [0.4, 0.5) is 5.69 Å². The van der Waals surface area contributed by atoms with Crippen LogP contribution in [0.5, 0.6) is 5.75 Å². The highest BCUT2D eigenvalue weighted by molar-refractivity contribution is 6.07. The first-order chi connectivity index (χ1) is 17.5. The van der Waals surface area contributed by atoms with E-state index in [0.717, 1.165) is 6.42 Å². The number of aryl methyl sites for hydroxylation is 2. The molecule has 4 rings (SSSR count). The van der Waals surface area contributed by atoms with Crippen LogP contribution in [0.1, 0.15) is 22.8 Å². The van der Waals surface area contributed by atoms with Crippen LogP contribution in [0, 0.1) is 0 Å². The smallest absolute Gasteiger partial charge is 0.253 e. The van der Waals surface area contributed by atoms with Crippen molar-refractivity contribution in [3.63, 3.8) is 0 Å². The summed E-state index contributed by atoms with van der Waals surface area (Å²) in [7, 11) is 1.45. The average molecular weight is 488 g/mol. The van der Waals surface area contributed by atoms with Gasteiger partial charge in [0.25, 0.3) is 5.91 Å². The van der Waals surface area contributed by atoms with Crippen molar-refractivity contribution in [2.75, 3.05) is 25.6 Å². The summed E-state index contributed by atoms with van der Waals surface area (Å²) in [4.78, 5) is 34.0. The van der Waals surface area contributed by atoms with Crippen molar-refractivity contribution in [3.05, 3.63) is 84.4 Å². The summed E-state index contributed by atoms with van der Waals surface area (Å²) in [6.07, 6.45) is 5.53. The topological polar surface area (TPSA) is 107 Å². The Bertz CT molecular complexity index is 1310. The van der Waals surface area contributed by atoms with Crippen molar-refractivity contribution in [1.82, 2.24) is 19.9 Å². The Kier molecular flexibility index (Phi) is 8.25. The molecule has 0 saturated heterocycles. The summed E-state index contributed by atoms with van der Waals surface area (Å²) in [5, 5.41) is 5.71. The molecule has 2 aromatic carbocycles. The van der Waals surface area contributed by atoms with Gasteiger partial charge >= 0.3 is 0 Å². The number of rotatable bonds is 11. The molecule has 9 heteroatoms. The molecule has 0 bridgehead atoms. The van der Waals surface area contributed by atoms with Gasteiger partial charge in [-0.05, 0) is 43.2 Å². The SMILES string of the molecule is COCC(=O)Nc1cc(C(=O)NCC(C)Oc2cccnc2)c2c(c1)ncn2CCc1ccccc1. The lowest BCUT2D eigenvalue weighted by Crippen LogP contribution is -2.34. The first-order valence-electron chi connectivity index (χ1n) is 11.7. The van der Waals surface area contributed by atoms with Gasteiger partial charge in [-0.3, -0.25) is 14.6 Å². The molecule has 1 unspecified atom stereocenters. The second-order valence-corrected chi connectivity index (χ2v) is 8.37. The van der Waals surface area contributed by atoms with Crippen LogP contribution in [0.2, 0.25) is 0 Å². The van der Waals surface area contributed by atoms with Gasteiger partial charge in [-0.25, -0.2) is 4.98 Å². The predicted molar refractivity (Wildman–Crippen MR) is 137 cm³/mol. The maximum atomic E-state index is 13.3. The molecular formula is C27H29N5O4. The molecule has 9 nitrogen and oxygen atoms in total. The van der Waals surface area contributed by atoms with Crippen molar-refractivity contribution in [3.8, 4) is 5.75 Å². The third-order valence-corrected chi connectivity index (χ3v) is 5.52. The zero-order valence-electron chi connectivity index (χ0n) is 20.3. The van der Waals surface area contributed by atoms with Gasteiger partial charge in [-0.1, -0.05) is 30.3 Å². The number of hydrogen-bond donors (Lipinski definition) is 2. The lowest BCUT2D eigenvalue weighted by atomic mass is 10.1. The lowest BCUT2D eigenvalue weighted by molar-refractivity contribution is -0.119. The standard InChI is InChI=1S/C27H29N5O4/c1-19(36-22-9-6-11-28-16-22)15-29-27(34)23-13-21(31-25(33)17-35-2)14-24-26(23)32(18-30-24)12-10-20-7-4-3-5-8-20/h3-9,11,13-14,16,18-19H,10,12,15,17H2,1-2H3,(H,29,34)(H,31,33). The van der Waals surface area contributed by atoms with Gasteiger partial charge in [0.15, 0.2) is 0 Å². The fourth-order valence-electron chi connectivity index (χ4n) is 3.87. The number of ether oxygens (including phenoxy) is 2. The molecule has 186 valence electrons. The second-order valence-electron chi connectivity index (χ2n) is 8.37. The number of methoxy groups -OCH3 is 1. The van der Waals surface area contributed by atoms with E-state index in [2.05, 4.69) is 32.7 Å². The van der Waals surface area contributed by atoms with Crippen LogP contribution < -0.4 is 15.4 Å². The summed E-state index contributed by atoms with van der Waals surface area (Å²) in [6, 6.07) is 17.2. The van der Waals surface area contributed by atoms with E-state index in [4.69, 9.17) is 9.47 Å². The quantitative estimate of drug-likeness (QED) is 0.336. The molecule has 2 amide bonds. The van der Waals surface area contributed by atoms with Crippen molar-refractivity contribution in [2.45, 2.75) is 26.0 Å². The summed E-state index contributed by atoms with van der Waals surface area (Å²) in [5.41, 5.74) is 3.40. The zero-order valence-corrected chi connectivity index (χ0v) is 20.3. The maximum absolute atomic E-state index is 13.3. The minimum atomic E-state index is -0.315. The van der Waals surface area contributed by atoms with E-state index < -0.39 is 0 Å². The maximum Gasteiger partial charge on any atom is 0.253 e. The Labute approximate surface area is 209 Å². The second kappa shape index (κ2) is 11.9. The Morgan fingerprint density at radius 3 is 2.69 bits per heavy atom. The summed E-state index contributed by atoms with van der Waals surface area (Å²) in [5.74, 6) is 0.0274. The molecule has 0 spiro atoms. The Morgan fingerprint density at radius 2 is 1.94 bits per heavy atom. The number of nitrogens with zero attached hydrogens (tertiary/aromatic N) is 3. The molecule has 36 heavy (non-hydrogen) atoms. The molecule has 0 saturated carbocycles. The van der Waals surface area contributed by atoms with Crippen LogP contribution in [0.3, 0.4) is 0 Å². The number of carbonyl (C=O) groups excluding carboxylic acids is 2. The van der Waals surface area contributed by atoms with Crippen LogP contribution in [-0.2, 0) is 22.5 Å². The summed E-state index contributed by atoms with van der Waals surface area (Å²) in [6.45, 7) is 2.72. The number of anilines is 1. The van der Waals surface area contributed by atoms with Gasteiger partial charge in [0, 0.05) is 25.5 Å². The van der Waals surface area contributed by atoms with Gasteiger partial charge in [0.2, 0.25) is 5.91 Å². The molecule has 2 heterocycles. The molecule has 2 N–H and O–H groups in total. The molecule has 2 aromatic heterocycles. The molecule has 0 aliphatic heterocycles. The van der Waals surface area contributed by atoms with Gasteiger partial charge in [-0.15, -0.1) is 0 Å². The number of fused-ring (bicyclic) bond motifs is 1. The third-order valence-electron chi connectivity index (χ3n) is 5.52. The molecule has 0 fully saturated rings. The van der Waals surface area contributed by atoms with E-state index in [1.54, 1.807) is 36.9 Å². The number of aromatic nitrogens is 3. The van der Waals surface area contributed by atoms with E-state index >= 15 is 0 Å². The minimum Gasteiger partial charge on any atom is -0.487 e. The van der Waals surface area contributed by atoms with E-state index in [0.29, 0.717) is 34.6 Å². The monoisotopic (exact) mass is 487 g/mol. The molecule has 1 atom stereocenters. The fraction of sp³-hybridized carbons (Fsp3) is 0.259. The fourth-order valence-corrected chi connectivity index (χ4v) is 3.87.